The van der Waals surface area contributed by atoms with Crippen LogP contribution in [0.5, 0.6) is 0 Å². The number of nitrogens with zero attached hydrogens (tertiary/aromatic N) is 1. The first-order valence-corrected chi connectivity index (χ1v) is 4.87. The number of rotatable bonds is 5. The molecule has 0 spiro atoms. The molecule has 1 aliphatic rings. The largest absolute Gasteiger partial charge is 0.396 e. The summed E-state index contributed by atoms with van der Waals surface area (Å²) in [5, 5.41) is 8.63. The minimum Gasteiger partial charge on any atom is -0.396 e. The Morgan fingerprint density at radius 3 is 2.85 bits per heavy atom. The molecule has 1 unspecified atom stereocenters. The Balaban J connectivity index is 2.26. The highest BCUT2D eigenvalue weighted by atomic mass is 19.3. The first kappa shape index (κ1) is 10.9. The van der Waals surface area contributed by atoms with Crippen LogP contribution in [0.4, 0.5) is 8.78 Å². The molecule has 1 heterocycles. The number of aliphatic hydroxyl groups excluding tert-OH is 1. The van der Waals surface area contributed by atoms with Crippen LogP contribution in [0, 0.1) is 0 Å². The van der Waals surface area contributed by atoms with Gasteiger partial charge in [0.1, 0.15) is 0 Å². The van der Waals surface area contributed by atoms with Crippen molar-refractivity contribution in [2.45, 2.75) is 38.2 Å². The summed E-state index contributed by atoms with van der Waals surface area (Å²) in [6.45, 7) is 0.857. The van der Waals surface area contributed by atoms with Gasteiger partial charge < -0.3 is 5.11 Å². The molecule has 1 saturated heterocycles. The van der Waals surface area contributed by atoms with E-state index in [1.165, 1.54) is 0 Å². The van der Waals surface area contributed by atoms with Gasteiger partial charge in [-0.15, -0.1) is 0 Å². The summed E-state index contributed by atoms with van der Waals surface area (Å²) in [6.07, 6.45) is 1.37. The monoisotopic (exact) mass is 193 g/mol. The lowest BCUT2D eigenvalue weighted by molar-refractivity contribution is 0.0788. The van der Waals surface area contributed by atoms with Gasteiger partial charge in [-0.3, -0.25) is 4.90 Å². The molecule has 0 saturated carbocycles. The maximum Gasteiger partial charge on any atom is 0.251 e. The van der Waals surface area contributed by atoms with E-state index < -0.39 is 6.43 Å². The molecule has 78 valence electrons. The van der Waals surface area contributed by atoms with E-state index in [1.807, 2.05) is 4.90 Å². The standard InChI is InChI=1S/C9H17F2NO/c10-9(11)7-12-5-1-3-8(12)4-2-6-13/h8-9,13H,1-7H2. The lowest BCUT2D eigenvalue weighted by Gasteiger charge is -2.23. The van der Waals surface area contributed by atoms with Gasteiger partial charge in [-0.25, -0.2) is 8.78 Å². The zero-order chi connectivity index (χ0) is 9.68. The van der Waals surface area contributed by atoms with Crippen molar-refractivity contribution in [3.8, 4) is 0 Å². The Labute approximate surface area is 77.5 Å². The number of hydrogen-bond donors (Lipinski definition) is 1. The van der Waals surface area contributed by atoms with Crippen molar-refractivity contribution in [1.29, 1.82) is 0 Å². The van der Waals surface area contributed by atoms with E-state index >= 15 is 0 Å². The molecule has 1 aliphatic heterocycles. The van der Waals surface area contributed by atoms with Gasteiger partial charge >= 0.3 is 0 Å². The van der Waals surface area contributed by atoms with Crippen LogP contribution in [0.3, 0.4) is 0 Å². The minimum atomic E-state index is -2.23. The SMILES string of the molecule is OCCCC1CCCN1CC(F)F. The van der Waals surface area contributed by atoms with E-state index in [0.29, 0.717) is 0 Å². The molecule has 1 rings (SSSR count). The normalized spacial score (nSPS) is 24.5. The molecule has 4 heteroatoms. The molecule has 1 atom stereocenters. The van der Waals surface area contributed by atoms with Gasteiger partial charge in [-0.1, -0.05) is 0 Å². The summed E-state index contributed by atoms with van der Waals surface area (Å²) in [6, 6.07) is 0.279. The van der Waals surface area contributed by atoms with Crippen molar-refractivity contribution in [2.24, 2.45) is 0 Å². The van der Waals surface area contributed by atoms with E-state index in [2.05, 4.69) is 0 Å². The predicted molar refractivity (Wildman–Crippen MR) is 46.9 cm³/mol. The fourth-order valence-electron chi connectivity index (χ4n) is 1.97. The highest BCUT2D eigenvalue weighted by Crippen LogP contribution is 2.21. The maximum atomic E-state index is 12.1. The highest BCUT2D eigenvalue weighted by molar-refractivity contribution is 4.79. The fourth-order valence-corrected chi connectivity index (χ4v) is 1.97. The van der Waals surface area contributed by atoms with E-state index in [-0.39, 0.29) is 19.2 Å². The first-order chi connectivity index (χ1) is 6.24. The summed E-state index contributed by atoms with van der Waals surface area (Å²) in [5.41, 5.74) is 0. The number of hydrogen-bond acceptors (Lipinski definition) is 2. The van der Waals surface area contributed by atoms with Crippen LogP contribution in [-0.2, 0) is 0 Å². The molecule has 0 bridgehead atoms. The van der Waals surface area contributed by atoms with Crippen molar-refractivity contribution in [3.63, 3.8) is 0 Å². The first-order valence-electron chi connectivity index (χ1n) is 4.87. The number of halogens is 2. The van der Waals surface area contributed by atoms with Crippen LogP contribution < -0.4 is 0 Å². The van der Waals surface area contributed by atoms with Crippen molar-refractivity contribution in [2.75, 3.05) is 19.7 Å². The van der Waals surface area contributed by atoms with Crippen molar-refractivity contribution >= 4 is 0 Å². The molecule has 0 radical (unpaired) electrons. The molecule has 2 nitrogen and oxygen atoms in total. The second-order valence-corrected chi connectivity index (χ2v) is 3.55. The van der Waals surface area contributed by atoms with Gasteiger partial charge in [0.2, 0.25) is 0 Å². The molecule has 0 amide bonds. The van der Waals surface area contributed by atoms with Gasteiger partial charge in [0, 0.05) is 12.6 Å². The van der Waals surface area contributed by atoms with E-state index in [9.17, 15) is 8.78 Å². The average molecular weight is 193 g/mol. The van der Waals surface area contributed by atoms with Crippen molar-refractivity contribution in [3.05, 3.63) is 0 Å². The van der Waals surface area contributed by atoms with Crippen molar-refractivity contribution in [1.82, 2.24) is 4.90 Å². The summed E-state index contributed by atoms with van der Waals surface area (Å²) in [7, 11) is 0. The van der Waals surface area contributed by atoms with Crippen LogP contribution >= 0.6 is 0 Å². The van der Waals surface area contributed by atoms with Crippen LogP contribution in [-0.4, -0.2) is 42.2 Å². The molecule has 0 aliphatic carbocycles. The summed E-state index contributed by atoms with van der Waals surface area (Å²) >= 11 is 0. The van der Waals surface area contributed by atoms with Gasteiger partial charge in [0.05, 0.1) is 6.54 Å². The summed E-state index contributed by atoms with van der Waals surface area (Å²) in [5.74, 6) is 0. The molecule has 0 aromatic rings. The van der Waals surface area contributed by atoms with Crippen LogP contribution in [0.1, 0.15) is 25.7 Å². The van der Waals surface area contributed by atoms with Gasteiger partial charge in [0.15, 0.2) is 0 Å². The zero-order valence-corrected chi connectivity index (χ0v) is 7.75. The highest BCUT2D eigenvalue weighted by Gasteiger charge is 2.25. The fraction of sp³-hybridized carbons (Fsp3) is 1.00. The molecule has 13 heavy (non-hydrogen) atoms. The number of aliphatic hydroxyl groups is 1. The topological polar surface area (TPSA) is 23.5 Å². The van der Waals surface area contributed by atoms with Gasteiger partial charge in [0.25, 0.3) is 6.43 Å². The Kier molecular flexibility index (Phi) is 4.59. The molecule has 0 aromatic heterocycles. The Morgan fingerprint density at radius 1 is 1.46 bits per heavy atom. The number of alkyl halides is 2. The summed E-state index contributed by atoms with van der Waals surface area (Å²) < 4.78 is 24.2. The molecule has 1 N–H and O–H groups in total. The molecular formula is C9H17F2NO. The minimum absolute atomic E-state index is 0.101. The lowest BCUT2D eigenvalue weighted by atomic mass is 10.1. The third-order valence-electron chi connectivity index (χ3n) is 2.57. The van der Waals surface area contributed by atoms with E-state index in [4.69, 9.17) is 5.11 Å². The zero-order valence-electron chi connectivity index (χ0n) is 7.75. The third kappa shape index (κ3) is 3.56. The second-order valence-electron chi connectivity index (χ2n) is 3.55. The third-order valence-corrected chi connectivity index (χ3v) is 2.57. The Bertz CT molecular complexity index is 144. The quantitative estimate of drug-likeness (QED) is 0.715. The van der Waals surface area contributed by atoms with E-state index in [0.717, 1.165) is 32.2 Å². The number of likely N-dealkylation sites (tertiary alicyclic amines) is 1. The lowest BCUT2D eigenvalue weighted by Crippen LogP contribution is -2.33. The van der Waals surface area contributed by atoms with E-state index in [1.54, 1.807) is 0 Å². The Hall–Kier alpha value is -0.220. The second kappa shape index (κ2) is 5.50. The summed E-state index contributed by atoms with van der Waals surface area (Å²) in [4.78, 5) is 1.85. The van der Waals surface area contributed by atoms with Crippen LogP contribution in [0.15, 0.2) is 0 Å². The van der Waals surface area contributed by atoms with Crippen LogP contribution in [0.2, 0.25) is 0 Å². The molecule has 1 fully saturated rings. The van der Waals surface area contributed by atoms with Crippen LogP contribution in [0.25, 0.3) is 0 Å². The molecular weight excluding hydrogens is 176 g/mol. The predicted octanol–water partition coefficient (Wildman–Crippen LogP) is 1.49. The average Bonchev–Trinajstić information content (AvgIpc) is 2.48. The smallest absolute Gasteiger partial charge is 0.251 e. The van der Waals surface area contributed by atoms with Crippen molar-refractivity contribution < 1.29 is 13.9 Å². The van der Waals surface area contributed by atoms with Gasteiger partial charge in [-0.05, 0) is 32.2 Å². The Morgan fingerprint density at radius 2 is 2.23 bits per heavy atom. The molecule has 0 aromatic carbocycles. The van der Waals surface area contributed by atoms with Gasteiger partial charge in [-0.2, -0.15) is 0 Å². The maximum absolute atomic E-state index is 12.1.